The number of hydrogen-bond donors (Lipinski definition) is 0. The summed E-state index contributed by atoms with van der Waals surface area (Å²) in [5, 5.41) is 0.319. The third-order valence-electron chi connectivity index (χ3n) is 2.89. The van der Waals surface area contributed by atoms with Crippen LogP contribution in [0.25, 0.3) is 22.6 Å². The molecule has 21 heavy (non-hydrogen) atoms. The molecule has 0 bridgehead atoms. The third kappa shape index (κ3) is 3.28. The van der Waals surface area contributed by atoms with E-state index in [9.17, 15) is 4.39 Å². The maximum atomic E-state index is 13.5. The van der Waals surface area contributed by atoms with Gasteiger partial charge in [-0.15, -0.1) is 0 Å². The van der Waals surface area contributed by atoms with Crippen molar-refractivity contribution >= 4 is 27.5 Å². The van der Waals surface area contributed by atoms with Crippen molar-refractivity contribution in [1.82, 2.24) is 9.97 Å². The van der Waals surface area contributed by atoms with Crippen LogP contribution in [-0.4, -0.2) is 9.97 Å². The highest BCUT2D eigenvalue weighted by Gasteiger charge is 2.09. The first-order valence-corrected chi connectivity index (χ1v) is 7.35. The highest BCUT2D eigenvalue weighted by atomic mass is 79.9. The van der Waals surface area contributed by atoms with Crippen LogP contribution in [0.5, 0.6) is 0 Å². The maximum Gasteiger partial charge on any atom is 0.161 e. The first-order chi connectivity index (χ1) is 10.1. The topological polar surface area (TPSA) is 25.8 Å². The third-order valence-corrected chi connectivity index (χ3v) is 3.54. The van der Waals surface area contributed by atoms with Gasteiger partial charge >= 0.3 is 0 Å². The molecule has 1 heterocycles. The van der Waals surface area contributed by atoms with E-state index in [4.69, 9.17) is 11.6 Å². The molecule has 0 saturated carbocycles. The fraction of sp³-hybridized carbons (Fsp3) is 0. The number of hydrogen-bond acceptors (Lipinski definition) is 2. The van der Waals surface area contributed by atoms with Crippen LogP contribution < -0.4 is 0 Å². The van der Waals surface area contributed by atoms with Crippen LogP contribution >= 0.6 is 27.5 Å². The van der Waals surface area contributed by atoms with Crippen LogP contribution in [0, 0.1) is 5.82 Å². The summed E-state index contributed by atoms with van der Waals surface area (Å²) in [6.45, 7) is 0. The SMILES string of the molecule is Fc1cc(Br)cc(-c2nc(Cl)cc(-c3ccccc3)n2)c1. The molecule has 3 aromatic rings. The van der Waals surface area contributed by atoms with Gasteiger partial charge in [0, 0.05) is 21.7 Å². The van der Waals surface area contributed by atoms with Crippen molar-refractivity contribution in [3.63, 3.8) is 0 Å². The molecule has 0 aliphatic heterocycles. The first-order valence-electron chi connectivity index (χ1n) is 6.18. The van der Waals surface area contributed by atoms with Crippen molar-refractivity contribution in [2.75, 3.05) is 0 Å². The molecule has 2 aromatic carbocycles. The van der Waals surface area contributed by atoms with Crippen LogP contribution in [0.15, 0.2) is 59.1 Å². The van der Waals surface area contributed by atoms with E-state index < -0.39 is 0 Å². The van der Waals surface area contributed by atoms with E-state index in [1.54, 1.807) is 12.1 Å². The van der Waals surface area contributed by atoms with E-state index in [1.807, 2.05) is 30.3 Å². The molecule has 0 saturated heterocycles. The molecule has 0 aliphatic rings. The zero-order valence-corrected chi connectivity index (χ0v) is 13.1. The average molecular weight is 364 g/mol. The van der Waals surface area contributed by atoms with Crippen molar-refractivity contribution in [3.8, 4) is 22.6 Å². The minimum atomic E-state index is -0.357. The Hall–Kier alpha value is -1.78. The van der Waals surface area contributed by atoms with Crippen molar-refractivity contribution in [2.24, 2.45) is 0 Å². The Morgan fingerprint density at radius 1 is 0.905 bits per heavy atom. The molecule has 0 amide bonds. The van der Waals surface area contributed by atoms with E-state index in [0.717, 1.165) is 5.56 Å². The minimum Gasteiger partial charge on any atom is -0.228 e. The maximum absolute atomic E-state index is 13.5. The first kappa shape index (κ1) is 14.2. The Balaban J connectivity index is 2.14. The molecule has 5 heteroatoms. The molecule has 0 fully saturated rings. The summed E-state index contributed by atoms with van der Waals surface area (Å²) in [5.41, 5.74) is 2.20. The van der Waals surface area contributed by atoms with Gasteiger partial charge in [-0.05, 0) is 18.2 Å². The van der Waals surface area contributed by atoms with Gasteiger partial charge in [-0.25, -0.2) is 14.4 Å². The Morgan fingerprint density at radius 3 is 2.38 bits per heavy atom. The number of benzene rings is 2. The van der Waals surface area contributed by atoms with Crippen LogP contribution in [0.1, 0.15) is 0 Å². The van der Waals surface area contributed by atoms with Gasteiger partial charge < -0.3 is 0 Å². The molecule has 0 atom stereocenters. The molecular formula is C16H9BrClFN2. The van der Waals surface area contributed by atoms with Gasteiger partial charge in [-0.2, -0.15) is 0 Å². The fourth-order valence-corrected chi connectivity index (χ4v) is 2.64. The van der Waals surface area contributed by atoms with Gasteiger partial charge in [0.1, 0.15) is 11.0 Å². The van der Waals surface area contributed by atoms with Crippen LogP contribution in [-0.2, 0) is 0 Å². The molecular weight excluding hydrogens is 355 g/mol. The van der Waals surface area contributed by atoms with Gasteiger partial charge in [0.05, 0.1) is 5.69 Å². The summed E-state index contributed by atoms with van der Waals surface area (Å²) in [7, 11) is 0. The molecule has 0 radical (unpaired) electrons. The van der Waals surface area contributed by atoms with Crippen LogP contribution in [0.2, 0.25) is 5.15 Å². The van der Waals surface area contributed by atoms with Crippen molar-refractivity contribution in [3.05, 3.63) is 70.0 Å². The highest BCUT2D eigenvalue weighted by molar-refractivity contribution is 9.10. The minimum absolute atomic E-state index is 0.319. The second-order valence-corrected chi connectivity index (χ2v) is 5.73. The Bertz CT molecular complexity index is 773. The lowest BCUT2D eigenvalue weighted by Crippen LogP contribution is -1.93. The Labute approximate surface area is 134 Å². The highest BCUT2D eigenvalue weighted by Crippen LogP contribution is 2.26. The average Bonchev–Trinajstić information content (AvgIpc) is 2.46. The number of aromatic nitrogens is 2. The number of nitrogens with zero attached hydrogens (tertiary/aromatic N) is 2. The van der Waals surface area contributed by atoms with E-state index in [0.29, 0.717) is 26.7 Å². The van der Waals surface area contributed by atoms with Gasteiger partial charge in [-0.1, -0.05) is 57.9 Å². The lowest BCUT2D eigenvalue weighted by atomic mass is 10.1. The lowest BCUT2D eigenvalue weighted by molar-refractivity contribution is 0.627. The van der Waals surface area contributed by atoms with Gasteiger partial charge in [0.15, 0.2) is 5.82 Å². The predicted octanol–water partition coefficient (Wildman–Crippen LogP) is 5.37. The number of rotatable bonds is 2. The van der Waals surface area contributed by atoms with Crippen LogP contribution in [0.4, 0.5) is 4.39 Å². The molecule has 0 aliphatic carbocycles. The number of halogens is 3. The van der Waals surface area contributed by atoms with Crippen molar-refractivity contribution in [1.29, 1.82) is 0 Å². The largest absolute Gasteiger partial charge is 0.228 e. The van der Waals surface area contributed by atoms with E-state index in [2.05, 4.69) is 25.9 Å². The van der Waals surface area contributed by atoms with Crippen molar-refractivity contribution < 1.29 is 4.39 Å². The van der Waals surface area contributed by atoms with E-state index >= 15 is 0 Å². The second kappa shape index (κ2) is 5.92. The smallest absolute Gasteiger partial charge is 0.161 e. The molecule has 2 nitrogen and oxygen atoms in total. The quantitative estimate of drug-likeness (QED) is 0.572. The standard InChI is InChI=1S/C16H9BrClFN2/c17-12-6-11(7-13(19)8-12)16-20-14(9-15(18)21-16)10-4-2-1-3-5-10/h1-9H. The molecule has 3 rings (SSSR count). The van der Waals surface area contributed by atoms with Crippen LogP contribution in [0.3, 0.4) is 0 Å². The fourth-order valence-electron chi connectivity index (χ4n) is 1.99. The lowest BCUT2D eigenvalue weighted by Gasteiger charge is -2.06. The Kier molecular flexibility index (Phi) is 3.99. The summed E-state index contributed by atoms with van der Waals surface area (Å²) < 4.78 is 14.1. The van der Waals surface area contributed by atoms with Gasteiger partial charge in [0.25, 0.3) is 0 Å². The molecule has 1 aromatic heterocycles. The van der Waals surface area contributed by atoms with E-state index in [-0.39, 0.29) is 5.82 Å². The molecule has 0 N–H and O–H groups in total. The van der Waals surface area contributed by atoms with Gasteiger partial charge in [0.2, 0.25) is 0 Å². The summed E-state index contributed by atoms with van der Waals surface area (Å²) >= 11 is 9.34. The van der Waals surface area contributed by atoms with Gasteiger partial charge in [-0.3, -0.25) is 0 Å². The predicted molar refractivity (Wildman–Crippen MR) is 85.6 cm³/mol. The summed E-state index contributed by atoms with van der Waals surface area (Å²) in [4.78, 5) is 8.65. The summed E-state index contributed by atoms with van der Waals surface area (Å²) in [6.07, 6.45) is 0. The Morgan fingerprint density at radius 2 is 1.67 bits per heavy atom. The summed E-state index contributed by atoms with van der Waals surface area (Å²) in [5.74, 6) is 0.0331. The zero-order valence-electron chi connectivity index (χ0n) is 10.7. The monoisotopic (exact) mass is 362 g/mol. The van der Waals surface area contributed by atoms with Crippen molar-refractivity contribution in [2.45, 2.75) is 0 Å². The summed E-state index contributed by atoms with van der Waals surface area (Å²) in [6, 6.07) is 15.8. The normalized spacial score (nSPS) is 10.6. The second-order valence-electron chi connectivity index (χ2n) is 4.42. The molecule has 104 valence electrons. The van der Waals surface area contributed by atoms with E-state index in [1.165, 1.54) is 12.1 Å². The zero-order chi connectivity index (χ0) is 14.8. The molecule has 0 spiro atoms. The molecule has 0 unspecified atom stereocenters.